The summed E-state index contributed by atoms with van der Waals surface area (Å²) in [5.41, 5.74) is 5.93. The molecule has 1 amide bonds. The van der Waals surface area contributed by atoms with E-state index in [4.69, 9.17) is 22.1 Å². The van der Waals surface area contributed by atoms with Crippen LogP contribution in [-0.2, 0) is 4.79 Å². The van der Waals surface area contributed by atoms with Gasteiger partial charge >= 0.3 is 0 Å². The number of carbonyl (C=O) groups excluding carboxylic acids is 1. The van der Waals surface area contributed by atoms with Crippen molar-refractivity contribution in [3.63, 3.8) is 0 Å². The minimum atomic E-state index is 0.148. The molecule has 132 valence electrons. The summed E-state index contributed by atoms with van der Waals surface area (Å²) < 4.78 is 5.74. The first-order valence-corrected chi connectivity index (χ1v) is 9.15. The zero-order valence-corrected chi connectivity index (χ0v) is 14.8. The summed E-state index contributed by atoms with van der Waals surface area (Å²) in [6.07, 6.45) is 2.78. The predicted molar refractivity (Wildman–Crippen MR) is 95.3 cm³/mol. The first-order chi connectivity index (χ1) is 11.6. The summed E-state index contributed by atoms with van der Waals surface area (Å²) in [7, 11) is 0. The summed E-state index contributed by atoms with van der Waals surface area (Å²) in [5.74, 6) is 1.18. The second kappa shape index (κ2) is 8.19. The monoisotopic (exact) mass is 351 g/mol. The van der Waals surface area contributed by atoms with Gasteiger partial charge in [0.25, 0.3) is 0 Å². The molecule has 1 aliphatic heterocycles. The number of rotatable bonds is 5. The molecule has 2 N–H and O–H groups in total. The van der Waals surface area contributed by atoms with Gasteiger partial charge in [0, 0.05) is 44.7 Å². The Bertz CT molecular complexity index is 561. The number of benzene rings is 1. The number of nitrogens with zero attached hydrogens (tertiary/aromatic N) is 2. The van der Waals surface area contributed by atoms with Crippen LogP contribution in [0.15, 0.2) is 24.3 Å². The molecule has 5 nitrogen and oxygen atoms in total. The number of piperazine rings is 1. The Morgan fingerprint density at radius 2 is 1.96 bits per heavy atom. The van der Waals surface area contributed by atoms with Crippen LogP contribution in [0.25, 0.3) is 0 Å². The summed E-state index contributed by atoms with van der Waals surface area (Å²) in [5, 5.41) is 0.641. The molecule has 1 aromatic carbocycles. The lowest BCUT2D eigenvalue weighted by Crippen LogP contribution is -2.50. The van der Waals surface area contributed by atoms with E-state index in [9.17, 15) is 4.79 Å². The van der Waals surface area contributed by atoms with Crippen LogP contribution in [0, 0.1) is 5.92 Å². The van der Waals surface area contributed by atoms with Crippen molar-refractivity contribution in [3.05, 3.63) is 29.3 Å². The standard InChI is InChI=1S/C18H26ClN3O2/c19-16-3-1-2-4-17(16)24-12-11-21-7-9-22(10-8-21)18(23)14-5-6-15(20)13-14/h1-4,14-15H,5-13,20H2. The molecule has 2 unspecified atom stereocenters. The van der Waals surface area contributed by atoms with Crippen LogP contribution in [0.1, 0.15) is 19.3 Å². The van der Waals surface area contributed by atoms with E-state index in [-0.39, 0.29) is 12.0 Å². The maximum atomic E-state index is 12.5. The molecule has 2 atom stereocenters. The second-order valence-electron chi connectivity index (χ2n) is 6.72. The van der Waals surface area contributed by atoms with Gasteiger partial charge in [-0.25, -0.2) is 0 Å². The van der Waals surface area contributed by atoms with Gasteiger partial charge in [-0.05, 0) is 31.4 Å². The summed E-state index contributed by atoms with van der Waals surface area (Å²) in [6, 6.07) is 7.73. The number of amides is 1. The highest BCUT2D eigenvalue weighted by Gasteiger charge is 2.32. The summed E-state index contributed by atoms with van der Waals surface area (Å²) in [6.45, 7) is 4.86. The van der Waals surface area contributed by atoms with Crippen molar-refractivity contribution in [1.82, 2.24) is 9.80 Å². The van der Waals surface area contributed by atoms with Gasteiger partial charge in [0.05, 0.1) is 5.02 Å². The highest BCUT2D eigenvalue weighted by molar-refractivity contribution is 6.32. The minimum Gasteiger partial charge on any atom is -0.491 e. The molecule has 0 spiro atoms. The third-order valence-corrected chi connectivity index (χ3v) is 5.32. The first-order valence-electron chi connectivity index (χ1n) is 8.77. The van der Waals surface area contributed by atoms with Crippen LogP contribution in [0.4, 0.5) is 0 Å². The van der Waals surface area contributed by atoms with Gasteiger partial charge in [-0.15, -0.1) is 0 Å². The molecular formula is C18H26ClN3O2. The lowest BCUT2D eigenvalue weighted by atomic mass is 10.1. The van der Waals surface area contributed by atoms with Crippen molar-refractivity contribution in [3.8, 4) is 5.75 Å². The Hall–Kier alpha value is -1.30. The van der Waals surface area contributed by atoms with Crippen molar-refractivity contribution >= 4 is 17.5 Å². The largest absolute Gasteiger partial charge is 0.491 e. The summed E-state index contributed by atoms with van der Waals surface area (Å²) in [4.78, 5) is 16.8. The zero-order chi connectivity index (χ0) is 16.9. The first kappa shape index (κ1) is 17.5. The number of ether oxygens (including phenoxy) is 1. The van der Waals surface area contributed by atoms with Gasteiger partial charge in [0.2, 0.25) is 5.91 Å². The molecule has 0 radical (unpaired) electrons. The second-order valence-corrected chi connectivity index (χ2v) is 7.12. The number of hydrogen-bond donors (Lipinski definition) is 1. The molecule has 1 aromatic rings. The highest BCUT2D eigenvalue weighted by atomic mass is 35.5. The van der Waals surface area contributed by atoms with Crippen molar-refractivity contribution in [2.45, 2.75) is 25.3 Å². The smallest absolute Gasteiger partial charge is 0.225 e. The SMILES string of the molecule is NC1CCC(C(=O)N2CCN(CCOc3ccccc3Cl)CC2)C1. The van der Waals surface area contributed by atoms with Crippen LogP contribution in [0.5, 0.6) is 5.75 Å². The maximum absolute atomic E-state index is 12.5. The highest BCUT2D eigenvalue weighted by Crippen LogP contribution is 2.26. The molecular weight excluding hydrogens is 326 g/mol. The average Bonchev–Trinajstić information content (AvgIpc) is 3.03. The molecule has 1 heterocycles. The Labute approximate surface area is 148 Å². The number of para-hydroxylation sites is 1. The van der Waals surface area contributed by atoms with E-state index >= 15 is 0 Å². The third kappa shape index (κ3) is 4.41. The molecule has 1 aliphatic carbocycles. The minimum absolute atomic E-state index is 0.148. The van der Waals surface area contributed by atoms with Crippen molar-refractivity contribution in [2.75, 3.05) is 39.3 Å². The van der Waals surface area contributed by atoms with E-state index in [0.29, 0.717) is 17.5 Å². The van der Waals surface area contributed by atoms with E-state index in [2.05, 4.69) is 4.90 Å². The van der Waals surface area contributed by atoms with Gasteiger partial charge < -0.3 is 15.4 Å². The molecule has 2 aliphatic rings. The lowest BCUT2D eigenvalue weighted by molar-refractivity contribution is -0.137. The molecule has 3 rings (SSSR count). The van der Waals surface area contributed by atoms with Gasteiger partial charge in [0.1, 0.15) is 12.4 Å². The Morgan fingerprint density at radius 1 is 1.21 bits per heavy atom. The number of carbonyl (C=O) groups is 1. The van der Waals surface area contributed by atoms with Gasteiger partial charge in [-0.1, -0.05) is 23.7 Å². The van der Waals surface area contributed by atoms with E-state index < -0.39 is 0 Å². The quantitative estimate of drug-likeness (QED) is 0.881. The number of hydrogen-bond acceptors (Lipinski definition) is 4. The lowest BCUT2D eigenvalue weighted by Gasteiger charge is -2.35. The van der Waals surface area contributed by atoms with E-state index in [1.54, 1.807) is 0 Å². The fourth-order valence-electron chi connectivity index (χ4n) is 3.54. The van der Waals surface area contributed by atoms with Crippen LogP contribution in [0.2, 0.25) is 5.02 Å². The van der Waals surface area contributed by atoms with Crippen LogP contribution in [-0.4, -0.2) is 61.1 Å². The Kier molecular flexibility index (Phi) is 5.98. The Balaban J connectivity index is 1.38. The number of nitrogens with two attached hydrogens (primary N) is 1. The average molecular weight is 352 g/mol. The fourth-order valence-corrected chi connectivity index (χ4v) is 3.73. The van der Waals surface area contributed by atoms with Crippen molar-refractivity contribution < 1.29 is 9.53 Å². The maximum Gasteiger partial charge on any atom is 0.225 e. The molecule has 1 saturated carbocycles. The van der Waals surface area contributed by atoms with Gasteiger partial charge in [-0.3, -0.25) is 9.69 Å². The normalized spacial score (nSPS) is 25.0. The van der Waals surface area contributed by atoms with Gasteiger partial charge in [0.15, 0.2) is 0 Å². The van der Waals surface area contributed by atoms with Crippen molar-refractivity contribution in [1.29, 1.82) is 0 Å². The number of halogens is 1. The molecule has 6 heteroatoms. The molecule has 2 fully saturated rings. The molecule has 0 bridgehead atoms. The molecule has 0 aromatic heterocycles. The zero-order valence-electron chi connectivity index (χ0n) is 14.0. The molecule has 1 saturated heterocycles. The van der Waals surface area contributed by atoms with E-state index in [0.717, 1.165) is 57.7 Å². The van der Waals surface area contributed by atoms with E-state index in [1.165, 1.54) is 0 Å². The third-order valence-electron chi connectivity index (χ3n) is 5.01. The Morgan fingerprint density at radius 3 is 2.62 bits per heavy atom. The van der Waals surface area contributed by atoms with Crippen LogP contribution < -0.4 is 10.5 Å². The van der Waals surface area contributed by atoms with Crippen molar-refractivity contribution in [2.24, 2.45) is 11.7 Å². The van der Waals surface area contributed by atoms with Crippen LogP contribution >= 0.6 is 11.6 Å². The van der Waals surface area contributed by atoms with Crippen LogP contribution in [0.3, 0.4) is 0 Å². The fraction of sp³-hybridized carbons (Fsp3) is 0.611. The summed E-state index contributed by atoms with van der Waals surface area (Å²) >= 11 is 6.08. The topological polar surface area (TPSA) is 58.8 Å². The molecule has 24 heavy (non-hydrogen) atoms. The van der Waals surface area contributed by atoms with E-state index in [1.807, 2.05) is 29.2 Å². The predicted octanol–water partition coefficient (Wildman–Crippen LogP) is 1.99. The van der Waals surface area contributed by atoms with Gasteiger partial charge in [-0.2, -0.15) is 0 Å².